The average Bonchev–Trinajstić information content (AvgIpc) is 2.74. The standard InChI is InChI=1S/C13H16F3N3O2/c1-21-12(20)11-9(19-6-4-2-3-5-7-19)8-10(17-18-11)13(14,15)16/h8H,2-7H2,1H3. The smallest absolute Gasteiger partial charge is 0.435 e. The number of hydrogen-bond acceptors (Lipinski definition) is 5. The summed E-state index contributed by atoms with van der Waals surface area (Å²) in [6, 6.07) is 0.880. The lowest BCUT2D eigenvalue weighted by Crippen LogP contribution is -2.28. The van der Waals surface area contributed by atoms with Gasteiger partial charge in [-0.15, -0.1) is 10.2 Å². The van der Waals surface area contributed by atoms with Crippen LogP contribution in [0.25, 0.3) is 0 Å². The van der Waals surface area contributed by atoms with Crippen LogP contribution >= 0.6 is 0 Å². The number of anilines is 1. The summed E-state index contributed by atoms with van der Waals surface area (Å²) in [7, 11) is 1.16. The number of esters is 1. The van der Waals surface area contributed by atoms with Gasteiger partial charge in [0, 0.05) is 13.1 Å². The predicted molar refractivity (Wildman–Crippen MR) is 69.1 cm³/mol. The molecule has 0 radical (unpaired) electrons. The molecule has 0 aromatic carbocycles. The number of halogens is 3. The van der Waals surface area contributed by atoms with Crippen molar-refractivity contribution in [3.05, 3.63) is 17.5 Å². The molecule has 0 amide bonds. The normalized spacial score (nSPS) is 16.5. The van der Waals surface area contributed by atoms with Crippen molar-refractivity contribution in [2.75, 3.05) is 25.1 Å². The maximum absolute atomic E-state index is 12.8. The van der Waals surface area contributed by atoms with Gasteiger partial charge in [-0.25, -0.2) is 4.79 Å². The highest BCUT2D eigenvalue weighted by molar-refractivity contribution is 5.93. The minimum absolute atomic E-state index is 0.145. The van der Waals surface area contributed by atoms with Crippen LogP contribution in [0.2, 0.25) is 0 Å². The number of carbonyl (C=O) groups excluding carboxylic acids is 1. The van der Waals surface area contributed by atoms with Crippen molar-refractivity contribution in [1.29, 1.82) is 0 Å². The Morgan fingerprint density at radius 2 is 1.81 bits per heavy atom. The van der Waals surface area contributed by atoms with E-state index >= 15 is 0 Å². The highest BCUT2D eigenvalue weighted by Gasteiger charge is 2.35. The van der Waals surface area contributed by atoms with Crippen LogP contribution in [0.1, 0.15) is 41.9 Å². The van der Waals surface area contributed by atoms with E-state index in [0.29, 0.717) is 13.1 Å². The van der Waals surface area contributed by atoms with E-state index < -0.39 is 17.8 Å². The van der Waals surface area contributed by atoms with Crippen molar-refractivity contribution in [3.63, 3.8) is 0 Å². The van der Waals surface area contributed by atoms with Gasteiger partial charge in [0.25, 0.3) is 0 Å². The lowest BCUT2D eigenvalue weighted by molar-refractivity contribution is -0.141. The molecule has 5 nitrogen and oxygen atoms in total. The molecule has 1 saturated heterocycles. The van der Waals surface area contributed by atoms with Gasteiger partial charge in [-0.05, 0) is 18.9 Å². The summed E-state index contributed by atoms with van der Waals surface area (Å²) in [5.41, 5.74) is -1.13. The molecule has 1 aromatic heterocycles. The first kappa shape index (κ1) is 15.5. The zero-order chi connectivity index (χ0) is 15.5. The van der Waals surface area contributed by atoms with Gasteiger partial charge >= 0.3 is 12.1 Å². The van der Waals surface area contributed by atoms with Crippen LogP contribution in [0.15, 0.2) is 6.07 Å². The Labute approximate surface area is 120 Å². The lowest BCUT2D eigenvalue weighted by Gasteiger charge is -2.24. The molecule has 116 valence electrons. The van der Waals surface area contributed by atoms with Gasteiger partial charge in [0.2, 0.25) is 0 Å². The molecular formula is C13H16F3N3O2. The Morgan fingerprint density at radius 1 is 1.19 bits per heavy atom. The highest BCUT2D eigenvalue weighted by Crippen LogP contribution is 2.31. The number of rotatable bonds is 2. The minimum Gasteiger partial charge on any atom is -0.464 e. The van der Waals surface area contributed by atoms with Gasteiger partial charge in [0.05, 0.1) is 12.8 Å². The van der Waals surface area contributed by atoms with Gasteiger partial charge in [0.1, 0.15) is 0 Å². The summed E-state index contributed by atoms with van der Waals surface area (Å²) in [5, 5.41) is 6.53. The summed E-state index contributed by atoms with van der Waals surface area (Å²) < 4.78 is 43.0. The first-order valence-electron chi connectivity index (χ1n) is 6.71. The summed E-state index contributed by atoms with van der Waals surface area (Å²) in [5.74, 6) is -0.782. The number of nitrogens with zero attached hydrogens (tertiary/aromatic N) is 3. The van der Waals surface area contributed by atoms with Crippen molar-refractivity contribution >= 4 is 11.7 Å². The molecule has 2 rings (SSSR count). The molecule has 0 unspecified atom stereocenters. The van der Waals surface area contributed by atoms with E-state index in [-0.39, 0.29) is 11.4 Å². The van der Waals surface area contributed by atoms with Crippen LogP contribution in [0, 0.1) is 0 Å². The molecule has 21 heavy (non-hydrogen) atoms. The van der Waals surface area contributed by atoms with Crippen LogP contribution in [0.3, 0.4) is 0 Å². The number of carbonyl (C=O) groups is 1. The Hall–Kier alpha value is -1.86. The van der Waals surface area contributed by atoms with Crippen molar-refractivity contribution in [1.82, 2.24) is 10.2 Å². The Kier molecular flexibility index (Phi) is 4.64. The second-order valence-electron chi connectivity index (χ2n) is 4.85. The third-order valence-electron chi connectivity index (χ3n) is 3.39. The van der Waals surface area contributed by atoms with E-state index in [0.717, 1.165) is 38.9 Å². The molecule has 0 saturated carbocycles. The van der Waals surface area contributed by atoms with Crippen LogP contribution in [-0.2, 0) is 10.9 Å². The maximum Gasteiger partial charge on any atom is 0.435 e. The summed E-state index contributed by atoms with van der Waals surface area (Å²) in [4.78, 5) is 13.4. The molecule has 1 aromatic rings. The van der Waals surface area contributed by atoms with E-state index in [2.05, 4.69) is 14.9 Å². The van der Waals surface area contributed by atoms with Gasteiger partial charge in [-0.2, -0.15) is 13.2 Å². The van der Waals surface area contributed by atoms with E-state index in [1.54, 1.807) is 4.90 Å². The maximum atomic E-state index is 12.8. The van der Waals surface area contributed by atoms with Gasteiger partial charge in [0.15, 0.2) is 11.4 Å². The topological polar surface area (TPSA) is 55.3 Å². The van der Waals surface area contributed by atoms with Crippen molar-refractivity contribution in [2.45, 2.75) is 31.9 Å². The summed E-state index contributed by atoms with van der Waals surface area (Å²) >= 11 is 0. The number of aromatic nitrogens is 2. The molecule has 0 aliphatic carbocycles. The van der Waals surface area contributed by atoms with Crippen LogP contribution in [0.5, 0.6) is 0 Å². The Balaban J connectivity index is 2.44. The third-order valence-corrected chi connectivity index (χ3v) is 3.39. The van der Waals surface area contributed by atoms with Gasteiger partial charge in [-0.3, -0.25) is 0 Å². The number of hydrogen-bond donors (Lipinski definition) is 0. The number of methoxy groups -OCH3 is 1. The number of alkyl halides is 3. The average molecular weight is 303 g/mol. The minimum atomic E-state index is -4.59. The van der Waals surface area contributed by atoms with E-state index in [9.17, 15) is 18.0 Å². The Morgan fingerprint density at radius 3 is 2.33 bits per heavy atom. The second kappa shape index (κ2) is 6.28. The van der Waals surface area contributed by atoms with Crippen molar-refractivity contribution < 1.29 is 22.7 Å². The first-order valence-corrected chi connectivity index (χ1v) is 6.71. The van der Waals surface area contributed by atoms with Gasteiger partial charge < -0.3 is 9.64 Å². The van der Waals surface area contributed by atoms with E-state index in [1.807, 2.05) is 0 Å². The molecule has 1 fully saturated rings. The first-order chi connectivity index (χ1) is 9.93. The molecule has 0 bridgehead atoms. The molecule has 2 heterocycles. The van der Waals surface area contributed by atoms with Crippen molar-refractivity contribution in [2.24, 2.45) is 0 Å². The third kappa shape index (κ3) is 3.62. The fourth-order valence-electron chi connectivity index (χ4n) is 2.32. The SMILES string of the molecule is COC(=O)c1nnc(C(F)(F)F)cc1N1CCCCCC1. The molecule has 1 aliphatic heterocycles. The van der Waals surface area contributed by atoms with Crippen LogP contribution < -0.4 is 4.90 Å². The fourth-order valence-corrected chi connectivity index (χ4v) is 2.32. The van der Waals surface area contributed by atoms with Gasteiger partial charge in [-0.1, -0.05) is 12.8 Å². The molecular weight excluding hydrogens is 287 g/mol. The zero-order valence-electron chi connectivity index (χ0n) is 11.6. The fraction of sp³-hybridized carbons (Fsp3) is 0.615. The molecule has 0 atom stereocenters. The molecule has 0 spiro atoms. The van der Waals surface area contributed by atoms with Crippen molar-refractivity contribution in [3.8, 4) is 0 Å². The monoisotopic (exact) mass is 303 g/mol. The predicted octanol–water partition coefficient (Wildman–Crippen LogP) is 2.66. The van der Waals surface area contributed by atoms with E-state index in [4.69, 9.17) is 0 Å². The largest absolute Gasteiger partial charge is 0.464 e. The molecule has 8 heteroatoms. The zero-order valence-corrected chi connectivity index (χ0v) is 11.6. The summed E-state index contributed by atoms with van der Waals surface area (Å²) in [6.45, 7) is 1.18. The van der Waals surface area contributed by atoms with Crippen LogP contribution in [0.4, 0.5) is 18.9 Å². The quantitative estimate of drug-likeness (QED) is 0.786. The second-order valence-corrected chi connectivity index (χ2v) is 4.85. The number of ether oxygens (including phenoxy) is 1. The van der Waals surface area contributed by atoms with E-state index in [1.165, 1.54) is 0 Å². The molecule has 1 aliphatic rings. The molecule has 0 N–H and O–H groups in total. The lowest BCUT2D eigenvalue weighted by atomic mass is 10.2. The Bertz CT molecular complexity index is 512. The highest BCUT2D eigenvalue weighted by atomic mass is 19.4. The summed E-state index contributed by atoms with van der Waals surface area (Å²) in [6.07, 6.45) is -0.819. The van der Waals surface area contributed by atoms with Crippen LogP contribution in [-0.4, -0.2) is 36.4 Å².